The molecular weight excluding hydrogens is 428 g/mol. The number of benzene rings is 3. The number of carbonyl (C=O) groups excluding carboxylic acids is 1. The van der Waals surface area contributed by atoms with Crippen LogP contribution in [0.25, 0.3) is 11.1 Å². The second kappa shape index (κ2) is 9.52. The van der Waals surface area contributed by atoms with E-state index in [4.69, 9.17) is 9.47 Å². The summed E-state index contributed by atoms with van der Waals surface area (Å²) in [5.74, 6) is -0.162. The molecule has 1 amide bonds. The van der Waals surface area contributed by atoms with Crippen LogP contribution in [-0.2, 0) is 14.8 Å². The van der Waals surface area contributed by atoms with E-state index in [9.17, 15) is 13.2 Å². The number of hydrogen-bond donors (Lipinski definition) is 1. The molecule has 7 nitrogen and oxygen atoms in total. The lowest BCUT2D eigenvalue weighted by molar-refractivity contribution is 0.0730. The maximum atomic E-state index is 13.2. The number of hydrogen-bond acceptors (Lipinski definition) is 5. The number of amides is 1. The average molecular weight is 453 g/mol. The first-order valence-electron chi connectivity index (χ1n) is 10.2. The van der Waals surface area contributed by atoms with Gasteiger partial charge in [0.1, 0.15) is 5.75 Å². The van der Waals surface area contributed by atoms with E-state index in [2.05, 4.69) is 5.32 Å². The first-order valence-corrected chi connectivity index (χ1v) is 11.7. The quantitative estimate of drug-likeness (QED) is 0.617. The summed E-state index contributed by atoms with van der Waals surface area (Å²) >= 11 is 0. The minimum absolute atomic E-state index is 0.0432. The number of ether oxygens (including phenoxy) is 2. The summed E-state index contributed by atoms with van der Waals surface area (Å²) in [4.78, 5) is 13.3. The van der Waals surface area contributed by atoms with Crippen molar-refractivity contribution in [3.05, 3.63) is 78.4 Å². The Morgan fingerprint density at radius 2 is 1.66 bits per heavy atom. The highest BCUT2D eigenvalue weighted by atomic mass is 32.2. The number of morpholine rings is 1. The van der Waals surface area contributed by atoms with E-state index >= 15 is 0 Å². The fourth-order valence-corrected chi connectivity index (χ4v) is 5.05. The van der Waals surface area contributed by atoms with Gasteiger partial charge in [0.2, 0.25) is 10.0 Å². The van der Waals surface area contributed by atoms with Crippen molar-refractivity contribution in [1.82, 2.24) is 4.31 Å². The van der Waals surface area contributed by atoms with Gasteiger partial charge in [0, 0.05) is 24.3 Å². The lowest BCUT2D eigenvalue weighted by Crippen LogP contribution is -2.40. The van der Waals surface area contributed by atoms with Crippen LogP contribution in [0.5, 0.6) is 5.75 Å². The number of carbonyl (C=O) groups is 1. The van der Waals surface area contributed by atoms with Crippen molar-refractivity contribution >= 4 is 21.6 Å². The van der Waals surface area contributed by atoms with Gasteiger partial charge in [0.25, 0.3) is 5.91 Å². The topological polar surface area (TPSA) is 84.9 Å². The van der Waals surface area contributed by atoms with Crippen LogP contribution in [0.1, 0.15) is 10.4 Å². The zero-order valence-electron chi connectivity index (χ0n) is 17.7. The summed E-state index contributed by atoms with van der Waals surface area (Å²) in [5.41, 5.74) is 2.58. The highest BCUT2D eigenvalue weighted by molar-refractivity contribution is 7.89. The van der Waals surface area contributed by atoms with E-state index in [1.165, 1.54) is 29.6 Å². The molecule has 0 bridgehead atoms. The van der Waals surface area contributed by atoms with Gasteiger partial charge in [-0.1, -0.05) is 48.5 Å². The number of methoxy groups -OCH3 is 1. The highest BCUT2D eigenvalue weighted by Gasteiger charge is 2.28. The predicted molar refractivity (Wildman–Crippen MR) is 122 cm³/mol. The normalized spacial score (nSPS) is 14.7. The predicted octanol–water partition coefficient (Wildman–Crippen LogP) is 3.64. The molecule has 1 N–H and O–H groups in total. The summed E-state index contributed by atoms with van der Waals surface area (Å²) in [6.07, 6.45) is 0. The Bertz CT molecular complexity index is 1210. The first kappa shape index (κ1) is 22.0. The Morgan fingerprint density at radius 1 is 0.969 bits per heavy atom. The molecule has 0 aromatic heterocycles. The molecule has 166 valence electrons. The van der Waals surface area contributed by atoms with Gasteiger partial charge in [-0.15, -0.1) is 0 Å². The van der Waals surface area contributed by atoms with Crippen LogP contribution in [0.15, 0.2) is 77.7 Å². The summed E-state index contributed by atoms with van der Waals surface area (Å²) < 4.78 is 38.1. The lowest BCUT2D eigenvalue weighted by Gasteiger charge is -2.26. The second-order valence-electron chi connectivity index (χ2n) is 7.24. The molecule has 0 atom stereocenters. The fraction of sp³-hybridized carbons (Fsp3) is 0.208. The van der Waals surface area contributed by atoms with Gasteiger partial charge < -0.3 is 14.8 Å². The summed E-state index contributed by atoms with van der Waals surface area (Å²) in [6, 6.07) is 21.5. The van der Waals surface area contributed by atoms with E-state index < -0.39 is 15.9 Å². The molecule has 8 heteroatoms. The van der Waals surface area contributed by atoms with E-state index in [0.717, 1.165) is 11.1 Å². The molecule has 4 rings (SSSR count). The number of nitrogens with zero attached hydrogens (tertiary/aromatic N) is 1. The van der Waals surface area contributed by atoms with Gasteiger partial charge in [0.15, 0.2) is 0 Å². The molecule has 3 aromatic rings. The molecule has 1 fully saturated rings. The van der Waals surface area contributed by atoms with Crippen LogP contribution in [0.2, 0.25) is 0 Å². The van der Waals surface area contributed by atoms with Crippen molar-refractivity contribution in [3.63, 3.8) is 0 Å². The smallest absolute Gasteiger partial charge is 0.259 e. The zero-order chi connectivity index (χ0) is 22.6. The molecule has 0 unspecified atom stereocenters. The van der Waals surface area contributed by atoms with Gasteiger partial charge in [0.05, 0.1) is 30.8 Å². The molecule has 0 saturated carbocycles. The van der Waals surface area contributed by atoms with Crippen LogP contribution in [0, 0.1) is 0 Å². The number of nitrogens with one attached hydrogen (secondary N) is 1. The number of rotatable bonds is 6. The van der Waals surface area contributed by atoms with E-state index in [0.29, 0.717) is 24.7 Å². The molecule has 0 aliphatic carbocycles. The lowest BCUT2D eigenvalue weighted by atomic mass is 10.0. The van der Waals surface area contributed by atoms with Crippen LogP contribution in [0.3, 0.4) is 0 Å². The van der Waals surface area contributed by atoms with E-state index in [1.807, 2.05) is 48.5 Å². The standard InChI is InChI=1S/C24H24N2O5S/c1-30-23-12-11-19(32(28,29)26-13-15-31-16-14-26)17-21(23)24(27)25-22-10-6-5-9-20(22)18-7-3-2-4-8-18/h2-12,17H,13-16H2,1H3,(H,25,27). The van der Waals surface area contributed by atoms with Gasteiger partial charge in [-0.3, -0.25) is 4.79 Å². The summed E-state index contributed by atoms with van der Waals surface area (Å²) in [5, 5.41) is 2.91. The maximum Gasteiger partial charge on any atom is 0.259 e. The first-order chi connectivity index (χ1) is 15.5. The van der Waals surface area contributed by atoms with Gasteiger partial charge >= 0.3 is 0 Å². The zero-order valence-corrected chi connectivity index (χ0v) is 18.5. The summed E-state index contributed by atoms with van der Waals surface area (Å²) in [6.45, 7) is 1.25. The summed E-state index contributed by atoms with van der Waals surface area (Å²) in [7, 11) is -2.30. The molecule has 0 radical (unpaired) electrons. The van der Waals surface area contributed by atoms with Gasteiger partial charge in [-0.25, -0.2) is 8.42 Å². The molecule has 1 saturated heterocycles. The molecule has 1 aliphatic heterocycles. The molecule has 1 aliphatic rings. The monoisotopic (exact) mass is 452 g/mol. The van der Waals surface area contributed by atoms with E-state index in [1.54, 1.807) is 6.07 Å². The van der Waals surface area contributed by atoms with Crippen LogP contribution < -0.4 is 10.1 Å². The van der Waals surface area contributed by atoms with Crippen molar-refractivity contribution in [2.75, 3.05) is 38.7 Å². The van der Waals surface area contributed by atoms with Gasteiger partial charge in [-0.2, -0.15) is 4.31 Å². The van der Waals surface area contributed by atoms with Crippen molar-refractivity contribution in [2.45, 2.75) is 4.90 Å². The third kappa shape index (κ3) is 4.52. The van der Waals surface area contributed by atoms with Gasteiger partial charge in [-0.05, 0) is 29.8 Å². The molecule has 1 heterocycles. The van der Waals surface area contributed by atoms with Crippen molar-refractivity contribution < 1.29 is 22.7 Å². The Hall–Kier alpha value is -3.20. The number of para-hydroxylation sites is 1. The third-order valence-electron chi connectivity index (χ3n) is 5.28. The third-order valence-corrected chi connectivity index (χ3v) is 7.18. The largest absolute Gasteiger partial charge is 0.496 e. The van der Waals surface area contributed by atoms with Crippen molar-refractivity contribution in [3.8, 4) is 16.9 Å². The SMILES string of the molecule is COc1ccc(S(=O)(=O)N2CCOCC2)cc1C(=O)Nc1ccccc1-c1ccccc1. The molecule has 3 aromatic carbocycles. The highest BCUT2D eigenvalue weighted by Crippen LogP contribution is 2.30. The van der Waals surface area contributed by atoms with Crippen LogP contribution >= 0.6 is 0 Å². The van der Waals surface area contributed by atoms with Crippen LogP contribution in [0.4, 0.5) is 5.69 Å². The Labute approximate surface area is 187 Å². The number of anilines is 1. The molecular formula is C24H24N2O5S. The number of sulfonamides is 1. The fourth-order valence-electron chi connectivity index (χ4n) is 3.61. The maximum absolute atomic E-state index is 13.2. The molecule has 0 spiro atoms. The minimum Gasteiger partial charge on any atom is -0.496 e. The minimum atomic E-state index is -3.75. The van der Waals surface area contributed by atoms with Crippen molar-refractivity contribution in [1.29, 1.82) is 0 Å². The average Bonchev–Trinajstić information content (AvgIpc) is 2.85. The van der Waals surface area contributed by atoms with Crippen LogP contribution in [-0.4, -0.2) is 52.0 Å². The van der Waals surface area contributed by atoms with Crippen molar-refractivity contribution in [2.24, 2.45) is 0 Å². The molecule has 32 heavy (non-hydrogen) atoms. The van der Waals surface area contributed by atoms with E-state index in [-0.39, 0.29) is 23.5 Å². The Morgan fingerprint density at radius 3 is 2.38 bits per heavy atom. The second-order valence-corrected chi connectivity index (χ2v) is 9.18. The Balaban J connectivity index is 1.67. The Kier molecular flexibility index (Phi) is 6.55.